The highest BCUT2D eigenvalue weighted by atomic mass is 16.7. The molecular formula is C16H34O9. The molecule has 0 radical (unpaired) electrons. The Morgan fingerprint density at radius 3 is 1.16 bits per heavy atom. The van der Waals surface area contributed by atoms with Gasteiger partial charge in [-0.25, -0.2) is 0 Å². The quantitative estimate of drug-likeness (QED) is 0.216. The monoisotopic (exact) mass is 370 g/mol. The fourth-order valence-corrected chi connectivity index (χ4v) is 1.58. The van der Waals surface area contributed by atoms with Crippen LogP contribution in [0.4, 0.5) is 0 Å². The molecule has 0 atom stereocenters. The Kier molecular flexibility index (Phi) is 21.4. The highest BCUT2D eigenvalue weighted by molar-refractivity contribution is 4.39. The minimum atomic E-state index is -0.340. The normalized spacial score (nSPS) is 11.5. The van der Waals surface area contributed by atoms with Gasteiger partial charge in [0.1, 0.15) is 0 Å². The van der Waals surface area contributed by atoms with Crippen LogP contribution in [0.3, 0.4) is 0 Å². The molecule has 0 aliphatic rings. The van der Waals surface area contributed by atoms with E-state index < -0.39 is 0 Å². The van der Waals surface area contributed by atoms with Gasteiger partial charge in [-0.05, 0) is 0 Å². The second-order valence-electron chi connectivity index (χ2n) is 4.76. The molecule has 0 aromatic rings. The van der Waals surface area contributed by atoms with Crippen molar-refractivity contribution in [3.8, 4) is 0 Å². The molecule has 0 unspecified atom stereocenters. The van der Waals surface area contributed by atoms with Crippen molar-refractivity contribution in [3.05, 3.63) is 0 Å². The fourth-order valence-electron chi connectivity index (χ4n) is 1.58. The molecular weight excluding hydrogens is 336 g/mol. The predicted octanol–water partition coefficient (Wildman–Crippen LogP) is -0.303. The lowest BCUT2D eigenvalue weighted by Crippen LogP contribution is -2.21. The molecule has 9 nitrogen and oxygen atoms in total. The molecule has 0 rings (SSSR count). The van der Waals surface area contributed by atoms with E-state index in [0.29, 0.717) is 79.3 Å². The zero-order valence-electron chi connectivity index (χ0n) is 15.5. The molecule has 0 aromatic carbocycles. The van der Waals surface area contributed by atoms with Crippen molar-refractivity contribution in [2.24, 2.45) is 0 Å². The van der Waals surface area contributed by atoms with Crippen LogP contribution in [0.25, 0.3) is 0 Å². The predicted molar refractivity (Wildman–Crippen MR) is 89.8 cm³/mol. The first kappa shape index (κ1) is 24.6. The minimum Gasteiger partial charge on any atom is -0.394 e. The summed E-state index contributed by atoms with van der Waals surface area (Å²) in [6.07, 6.45) is -0.340. The first-order valence-corrected chi connectivity index (χ1v) is 8.48. The van der Waals surface area contributed by atoms with E-state index in [2.05, 4.69) is 0 Å². The summed E-state index contributed by atoms with van der Waals surface area (Å²) >= 11 is 0. The van der Waals surface area contributed by atoms with Gasteiger partial charge in [0.2, 0.25) is 0 Å². The smallest absolute Gasteiger partial charge is 0.180 e. The average Bonchev–Trinajstić information content (AvgIpc) is 2.64. The Hall–Kier alpha value is -0.360. The van der Waals surface area contributed by atoms with Crippen LogP contribution in [0.15, 0.2) is 0 Å². The van der Waals surface area contributed by atoms with Gasteiger partial charge in [0.15, 0.2) is 6.29 Å². The summed E-state index contributed by atoms with van der Waals surface area (Å²) in [6.45, 7) is 5.80. The molecule has 25 heavy (non-hydrogen) atoms. The Labute approximate surface area is 150 Å². The van der Waals surface area contributed by atoms with Crippen molar-refractivity contribution in [2.45, 2.75) is 6.29 Å². The summed E-state index contributed by atoms with van der Waals surface area (Å²) < 4.78 is 41.7. The van der Waals surface area contributed by atoms with E-state index in [1.54, 1.807) is 14.2 Å². The molecule has 0 spiro atoms. The van der Waals surface area contributed by atoms with Crippen molar-refractivity contribution in [3.63, 3.8) is 0 Å². The average molecular weight is 370 g/mol. The lowest BCUT2D eigenvalue weighted by Gasteiger charge is -2.13. The van der Waals surface area contributed by atoms with Crippen LogP contribution >= 0.6 is 0 Å². The first-order chi connectivity index (χ1) is 12.3. The van der Waals surface area contributed by atoms with Crippen LogP contribution in [-0.2, 0) is 37.9 Å². The van der Waals surface area contributed by atoms with Gasteiger partial charge in [-0.15, -0.1) is 0 Å². The third-order valence-corrected chi connectivity index (χ3v) is 2.88. The molecule has 0 bridgehead atoms. The van der Waals surface area contributed by atoms with Crippen LogP contribution in [-0.4, -0.2) is 112 Å². The van der Waals surface area contributed by atoms with E-state index in [-0.39, 0.29) is 12.9 Å². The Morgan fingerprint density at radius 1 is 0.520 bits per heavy atom. The van der Waals surface area contributed by atoms with E-state index in [1.165, 1.54) is 0 Å². The van der Waals surface area contributed by atoms with Crippen LogP contribution in [0.1, 0.15) is 0 Å². The molecule has 1 N–H and O–H groups in total. The van der Waals surface area contributed by atoms with Crippen LogP contribution in [0.2, 0.25) is 0 Å². The number of ether oxygens (including phenoxy) is 8. The molecule has 152 valence electrons. The Morgan fingerprint density at radius 2 is 0.840 bits per heavy atom. The van der Waals surface area contributed by atoms with E-state index in [4.69, 9.17) is 43.0 Å². The number of aliphatic hydroxyl groups is 1. The van der Waals surface area contributed by atoms with Gasteiger partial charge in [-0.2, -0.15) is 0 Å². The van der Waals surface area contributed by atoms with Crippen LogP contribution in [0.5, 0.6) is 0 Å². The van der Waals surface area contributed by atoms with E-state index >= 15 is 0 Å². The molecule has 0 saturated carbocycles. The van der Waals surface area contributed by atoms with Crippen molar-refractivity contribution in [1.29, 1.82) is 0 Å². The highest BCUT2D eigenvalue weighted by Gasteiger charge is 2.03. The van der Waals surface area contributed by atoms with Crippen molar-refractivity contribution < 1.29 is 43.0 Å². The maximum atomic E-state index is 8.51. The summed E-state index contributed by atoms with van der Waals surface area (Å²) in [4.78, 5) is 0. The number of hydrogen-bond donors (Lipinski definition) is 1. The van der Waals surface area contributed by atoms with Gasteiger partial charge in [0.05, 0.1) is 85.9 Å². The van der Waals surface area contributed by atoms with Crippen LogP contribution < -0.4 is 0 Å². The highest BCUT2D eigenvalue weighted by Crippen LogP contribution is 1.91. The van der Waals surface area contributed by atoms with Crippen molar-refractivity contribution >= 4 is 0 Å². The second kappa shape index (κ2) is 21.7. The van der Waals surface area contributed by atoms with Crippen LogP contribution in [0, 0.1) is 0 Å². The molecule has 0 saturated heterocycles. The molecule has 0 aromatic heterocycles. The third-order valence-electron chi connectivity index (χ3n) is 2.88. The van der Waals surface area contributed by atoms with Gasteiger partial charge >= 0.3 is 0 Å². The summed E-state index contributed by atoms with van der Waals surface area (Å²) in [5, 5.41) is 8.51. The topological polar surface area (TPSA) is 94.1 Å². The SMILES string of the molecule is COC(COCCOCCOCCOCCOCCOCCO)OC. The molecule has 0 aliphatic heterocycles. The Balaban J connectivity index is 3.03. The fraction of sp³-hybridized carbons (Fsp3) is 1.00. The van der Waals surface area contributed by atoms with Crippen molar-refractivity contribution in [1.82, 2.24) is 0 Å². The maximum absolute atomic E-state index is 8.51. The Bertz CT molecular complexity index is 240. The summed E-state index contributed by atoms with van der Waals surface area (Å²) in [5.74, 6) is 0. The molecule has 9 heteroatoms. The molecule has 0 amide bonds. The molecule has 0 heterocycles. The molecule has 0 aliphatic carbocycles. The standard InChI is InChI=1S/C16H34O9/c1-18-16(19-2)15-25-14-13-24-12-11-23-10-9-22-8-7-21-6-5-20-4-3-17/h16-17H,3-15H2,1-2H3. The van der Waals surface area contributed by atoms with E-state index in [9.17, 15) is 0 Å². The largest absolute Gasteiger partial charge is 0.394 e. The lowest BCUT2D eigenvalue weighted by molar-refractivity contribution is -0.143. The number of hydrogen-bond acceptors (Lipinski definition) is 9. The minimum absolute atomic E-state index is 0.0329. The lowest BCUT2D eigenvalue weighted by atomic mass is 10.6. The number of rotatable bonds is 21. The second-order valence-corrected chi connectivity index (χ2v) is 4.76. The molecule has 0 fully saturated rings. The van der Waals surface area contributed by atoms with Gasteiger partial charge in [-0.1, -0.05) is 0 Å². The summed E-state index contributed by atoms with van der Waals surface area (Å²) in [6, 6.07) is 0. The van der Waals surface area contributed by atoms with Gasteiger partial charge in [-0.3, -0.25) is 0 Å². The van der Waals surface area contributed by atoms with Gasteiger partial charge in [0, 0.05) is 14.2 Å². The first-order valence-electron chi connectivity index (χ1n) is 8.48. The third kappa shape index (κ3) is 19.8. The van der Waals surface area contributed by atoms with Crippen molar-refractivity contribution in [2.75, 3.05) is 100 Å². The zero-order chi connectivity index (χ0) is 18.4. The maximum Gasteiger partial charge on any atom is 0.180 e. The van der Waals surface area contributed by atoms with E-state index in [0.717, 1.165) is 0 Å². The zero-order valence-corrected chi connectivity index (χ0v) is 15.5. The summed E-state index contributed by atoms with van der Waals surface area (Å²) in [7, 11) is 3.14. The van der Waals surface area contributed by atoms with E-state index in [1.807, 2.05) is 0 Å². The van der Waals surface area contributed by atoms with Gasteiger partial charge in [0.25, 0.3) is 0 Å². The van der Waals surface area contributed by atoms with Gasteiger partial charge < -0.3 is 43.0 Å². The summed E-state index contributed by atoms with van der Waals surface area (Å²) in [5.41, 5.74) is 0. The number of aliphatic hydroxyl groups excluding tert-OH is 1. The number of methoxy groups -OCH3 is 2.